The summed E-state index contributed by atoms with van der Waals surface area (Å²) in [6, 6.07) is 11.0. The second-order valence-electron chi connectivity index (χ2n) is 4.49. The van der Waals surface area contributed by atoms with Gasteiger partial charge in [0.15, 0.2) is 0 Å². The van der Waals surface area contributed by atoms with Crippen LogP contribution in [0, 0.1) is 0 Å². The lowest BCUT2D eigenvalue weighted by Crippen LogP contribution is -2.17. The number of carbonyl (C=O) groups excluding carboxylic acids is 1. The van der Waals surface area contributed by atoms with Crippen LogP contribution in [0.15, 0.2) is 52.2 Å². The summed E-state index contributed by atoms with van der Waals surface area (Å²) in [5.41, 5.74) is 4.24. The van der Waals surface area contributed by atoms with Gasteiger partial charge < -0.3 is 4.42 Å². The van der Waals surface area contributed by atoms with Crippen molar-refractivity contribution in [2.75, 3.05) is 0 Å². The van der Waals surface area contributed by atoms with Crippen molar-refractivity contribution < 1.29 is 9.21 Å². The Kier molecular flexibility index (Phi) is 4.13. The Hall–Kier alpha value is -2.36. The SMILES string of the molecule is CC(C)c1ccc(C(=O)N/N=C/c2ccco2)cc1. The highest BCUT2D eigenvalue weighted by Gasteiger charge is 2.05. The van der Waals surface area contributed by atoms with E-state index >= 15 is 0 Å². The molecule has 1 amide bonds. The van der Waals surface area contributed by atoms with Gasteiger partial charge in [-0.25, -0.2) is 5.43 Å². The lowest BCUT2D eigenvalue weighted by atomic mass is 10.0. The van der Waals surface area contributed by atoms with E-state index in [-0.39, 0.29) is 5.91 Å². The number of amides is 1. The third kappa shape index (κ3) is 3.55. The van der Waals surface area contributed by atoms with E-state index in [1.54, 1.807) is 30.5 Å². The van der Waals surface area contributed by atoms with Crippen LogP contribution in [0.4, 0.5) is 0 Å². The van der Waals surface area contributed by atoms with Gasteiger partial charge in [-0.05, 0) is 35.7 Å². The molecule has 19 heavy (non-hydrogen) atoms. The largest absolute Gasteiger partial charge is 0.463 e. The molecule has 0 saturated carbocycles. The van der Waals surface area contributed by atoms with Gasteiger partial charge in [-0.3, -0.25) is 4.79 Å². The standard InChI is InChI=1S/C15H16N2O2/c1-11(2)12-5-7-13(8-6-12)15(18)17-16-10-14-4-3-9-19-14/h3-11H,1-2H3,(H,17,18)/b16-10+. The van der Waals surface area contributed by atoms with Crippen LogP contribution in [-0.4, -0.2) is 12.1 Å². The molecule has 4 heteroatoms. The lowest BCUT2D eigenvalue weighted by Gasteiger charge is -2.05. The minimum atomic E-state index is -0.238. The van der Waals surface area contributed by atoms with Crippen LogP contribution < -0.4 is 5.43 Å². The number of hydrazone groups is 1. The quantitative estimate of drug-likeness (QED) is 0.674. The van der Waals surface area contributed by atoms with Crippen LogP contribution in [0.25, 0.3) is 0 Å². The molecule has 1 heterocycles. The fourth-order valence-corrected chi connectivity index (χ4v) is 1.60. The van der Waals surface area contributed by atoms with Crippen LogP contribution in [-0.2, 0) is 0 Å². The molecule has 0 bridgehead atoms. The second kappa shape index (κ2) is 6.00. The Labute approximate surface area is 112 Å². The van der Waals surface area contributed by atoms with Crippen molar-refractivity contribution >= 4 is 12.1 Å². The molecule has 0 spiro atoms. The molecule has 0 saturated heterocycles. The maximum absolute atomic E-state index is 11.8. The Bertz CT molecular complexity index is 554. The number of nitrogens with zero attached hydrogens (tertiary/aromatic N) is 1. The zero-order valence-corrected chi connectivity index (χ0v) is 11.0. The van der Waals surface area contributed by atoms with E-state index in [2.05, 4.69) is 24.4 Å². The lowest BCUT2D eigenvalue weighted by molar-refractivity contribution is 0.0955. The van der Waals surface area contributed by atoms with Crippen molar-refractivity contribution in [3.63, 3.8) is 0 Å². The molecule has 1 aromatic carbocycles. The second-order valence-corrected chi connectivity index (χ2v) is 4.49. The van der Waals surface area contributed by atoms with Crippen molar-refractivity contribution in [2.24, 2.45) is 5.10 Å². The first-order valence-electron chi connectivity index (χ1n) is 6.13. The maximum atomic E-state index is 11.8. The van der Waals surface area contributed by atoms with E-state index in [9.17, 15) is 4.79 Å². The number of benzene rings is 1. The molecule has 2 rings (SSSR count). The van der Waals surface area contributed by atoms with Gasteiger partial charge in [0.25, 0.3) is 5.91 Å². The zero-order chi connectivity index (χ0) is 13.7. The molecular weight excluding hydrogens is 240 g/mol. The molecule has 2 aromatic rings. The van der Waals surface area contributed by atoms with Crippen molar-refractivity contribution in [1.82, 2.24) is 5.43 Å². The molecule has 0 radical (unpaired) electrons. The molecule has 1 N–H and O–H groups in total. The van der Waals surface area contributed by atoms with Crippen LogP contribution >= 0.6 is 0 Å². The monoisotopic (exact) mass is 256 g/mol. The Balaban J connectivity index is 1.96. The fourth-order valence-electron chi connectivity index (χ4n) is 1.60. The highest BCUT2D eigenvalue weighted by Crippen LogP contribution is 2.14. The third-order valence-electron chi connectivity index (χ3n) is 2.74. The van der Waals surface area contributed by atoms with Gasteiger partial charge in [0, 0.05) is 5.56 Å². The van der Waals surface area contributed by atoms with E-state index in [4.69, 9.17) is 4.42 Å². The van der Waals surface area contributed by atoms with Gasteiger partial charge in [-0.15, -0.1) is 0 Å². The van der Waals surface area contributed by atoms with Gasteiger partial charge in [0.1, 0.15) is 5.76 Å². The molecule has 0 unspecified atom stereocenters. The summed E-state index contributed by atoms with van der Waals surface area (Å²) >= 11 is 0. The summed E-state index contributed by atoms with van der Waals surface area (Å²) in [5, 5.41) is 3.83. The summed E-state index contributed by atoms with van der Waals surface area (Å²) < 4.78 is 5.06. The Morgan fingerprint density at radius 1 is 1.26 bits per heavy atom. The third-order valence-corrected chi connectivity index (χ3v) is 2.74. The summed E-state index contributed by atoms with van der Waals surface area (Å²) in [4.78, 5) is 11.8. The summed E-state index contributed by atoms with van der Waals surface area (Å²) in [6.07, 6.45) is 3.01. The number of hydrogen-bond donors (Lipinski definition) is 1. The van der Waals surface area contributed by atoms with E-state index in [0.717, 1.165) is 0 Å². The molecule has 0 aliphatic heterocycles. The van der Waals surface area contributed by atoms with Crippen LogP contribution in [0.2, 0.25) is 0 Å². The summed E-state index contributed by atoms with van der Waals surface area (Å²) in [6.45, 7) is 4.23. The van der Waals surface area contributed by atoms with Crippen molar-refractivity contribution in [2.45, 2.75) is 19.8 Å². The highest BCUT2D eigenvalue weighted by molar-refractivity contribution is 5.94. The number of nitrogens with one attached hydrogen (secondary N) is 1. The molecule has 4 nitrogen and oxygen atoms in total. The number of furan rings is 1. The topological polar surface area (TPSA) is 54.6 Å². The zero-order valence-electron chi connectivity index (χ0n) is 11.0. The molecule has 1 aromatic heterocycles. The first kappa shape index (κ1) is 13.1. The van der Waals surface area contributed by atoms with Gasteiger partial charge in [-0.2, -0.15) is 5.10 Å². The first-order chi connectivity index (χ1) is 9.16. The number of hydrogen-bond acceptors (Lipinski definition) is 3. The maximum Gasteiger partial charge on any atom is 0.271 e. The van der Waals surface area contributed by atoms with Crippen molar-refractivity contribution in [3.8, 4) is 0 Å². The molecule has 0 atom stereocenters. The fraction of sp³-hybridized carbons (Fsp3) is 0.200. The van der Waals surface area contributed by atoms with Gasteiger partial charge in [0.2, 0.25) is 0 Å². The smallest absolute Gasteiger partial charge is 0.271 e. The number of rotatable bonds is 4. The minimum absolute atomic E-state index is 0.238. The average molecular weight is 256 g/mol. The van der Waals surface area contributed by atoms with Gasteiger partial charge >= 0.3 is 0 Å². The van der Waals surface area contributed by atoms with Crippen LogP contribution in [0.1, 0.15) is 41.4 Å². The highest BCUT2D eigenvalue weighted by atomic mass is 16.3. The molecular formula is C15H16N2O2. The van der Waals surface area contributed by atoms with Gasteiger partial charge in [-0.1, -0.05) is 26.0 Å². The Morgan fingerprint density at radius 3 is 2.58 bits per heavy atom. The summed E-state index contributed by atoms with van der Waals surface area (Å²) in [7, 11) is 0. The number of carbonyl (C=O) groups is 1. The van der Waals surface area contributed by atoms with Crippen LogP contribution in [0.3, 0.4) is 0 Å². The molecule has 0 fully saturated rings. The van der Waals surface area contributed by atoms with Crippen molar-refractivity contribution in [1.29, 1.82) is 0 Å². The predicted octanol–water partition coefficient (Wildman–Crippen LogP) is 3.17. The van der Waals surface area contributed by atoms with Crippen molar-refractivity contribution in [3.05, 3.63) is 59.5 Å². The minimum Gasteiger partial charge on any atom is -0.463 e. The van der Waals surface area contributed by atoms with Crippen LogP contribution in [0.5, 0.6) is 0 Å². The Morgan fingerprint density at radius 2 is 2.00 bits per heavy atom. The average Bonchev–Trinajstić information content (AvgIpc) is 2.92. The predicted molar refractivity (Wildman–Crippen MR) is 74.3 cm³/mol. The van der Waals surface area contributed by atoms with E-state index in [1.807, 2.05) is 12.1 Å². The summed E-state index contributed by atoms with van der Waals surface area (Å²) in [5.74, 6) is 0.808. The van der Waals surface area contributed by atoms with Gasteiger partial charge in [0.05, 0.1) is 12.5 Å². The first-order valence-corrected chi connectivity index (χ1v) is 6.13. The van der Waals surface area contributed by atoms with E-state index < -0.39 is 0 Å². The normalized spacial score (nSPS) is 11.1. The van der Waals surface area contributed by atoms with E-state index in [0.29, 0.717) is 17.2 Å². The molecule has 98 valence electrons. The molecule has 0 aliphatic carbocycles. The van der Waals surface area contributed by atoms with E-state index in [1.165, 1.54) is 11.8 Å². The molecule has 0 aliphatic rings.